The number of nitrogens with zero attached hydrogens (tertiary/aromatic N) is 2. The van der Waals surface area contributed by atoms with Gasteiger partial charge >= 0.3 is 5.97 Å². The second kappa shape index (κ2) is 4.78. The molecule has 1 aromatic heterocycles. The van der Waals surface area contributed by atoms with Gasteiger partial charge in [-0.15, -0.1) is 0 Å². The number of carboxylic acids is 1. The van der Waals surface area contributed by atoms with E-state index in [0.717, 1.165) is 5.69 Å². The number of aliphatic carboxylic acids is 1. The predicted molar refractivity (Wildman–Crippen MR) is 57.1 cm³/mol. The zero-order valence-corrected chi connectivity index (χ0v) is 9.52. The first kappa shape index (κ1) is 12.2. The minimum absolute atomic E-state index is 0.0777. The zero-order valence-electron chi connectivity index (χ0n) is 9.52. The van der Waals surface area contributed by atoms with Gasteiger partial charge in [-0.25, -0.2) is 0 Å². The number of carbonyl (C=O) groups excluding carboxylic acids is 1. The van der Waals surface area contributed by atoms with Crippen LogP contribution < -0.4 is 0 Å². The van der Waals surface area contributed by atoms with Crippen LogP contribution in [0.15, 0.2) is 6.07 Å². The first-order valence-electron chi connectivity index (χ1n) is 4.92. The molecule has 0 aliphatic heterocycles. The molecule has 1 atom stereocenters. The molecule has 1 heterocycles. The van der Waals surface area contributed by atoms with Crippen LogP contribution in [0.4, 0.5) is 0 Å². The van der Waals surface area contributed by atoms with Gasteiger partial charge in [-0.05, 0) is 19.9 Å². The number of carbonyl (C=O) groups is 2. The van der Waals surface area contributed by atoms with E-state index in [1.807, 2.05) is 0 Å². The second-order valence-corrected chi connectivity index (χ2v) is 3.80. The Labute approximate surface area is 93.3 Å². The topological polar surface area (TPSA) is 86.3 Å². The van der Waals surface area contributed by atoms with Crippen LogP contribution >= 0.6 is 0 Å². The van der Waals surface area contributed by atoms with Gasteiger partial charge in [0.05, 0.1) is 6.42 Å². The molecule has 0 aliphatic carbocycles. The Balaban J connectivity index is 2.70. The number of aromatic nitrogens is 2. The molecule has 0 aromatic carbocycles. The minimum atomic E-state index is -0.926. The van der Waals surface area contributed by atoms with Crippen molar-refractivity contribution in [3.8, 4) is 0 Å². The summed E-state index contributed by atoms with van der Waals surface area (Å²) in [6, 6.07) is 1.27. The van der Waals surface area contributed by atoms with Crippen LogP contribution in [0, 0.1) is 6.92 Å². The molecule has 1 aromatic rings. The third kappa shape index (κ3) is 2.82. The summed E-state index contributed by atoms with van der Waals surface area (Å²) < 4.78 is 0. The number of nitrogens with one attached hydrogen (secondary N) is 1. The summed E-state index contributed by atoms with van der Waals surface area (Å²) in [5.41, 5.74) is 1.10. The van der Waals surface area contributed by atoms with Crippen LogP contribution in [0.5, 0.6) is 0 Å². The average molecular weight is 225 g/mol. The van der Waals surface area contributed by atoms with Gasteiger partial charge in [-0.1, -0.05) is 0 Å². The third-order valence-electron chi connectivity index (χ3n) is 2.38. The first-order valence-corrected chi connectivity index (χ1v) is 4.92. The van der Waals surface area contributed by atoms with Crippen molar-refractivity contribution in [3.05, 3.63) is 17.5 Å². The number of aromatic amines is 1. The molecule has 6 heteroatoms. The van der Waals surface area contributed by atoms with Crippen molar-refractivity contribution in [1.82, 2.24) is 15.1 Å². The van der Waals surface area contributed by atoms with Gasteiger partial charge in [0.25, 0.3) is 5.91 Å². The summed E-state index contributed by atoms with van der Waals surface area (Å²) in [6.07, 6.45) is -0.0777. The van der Waals surface area contributed by atoms with Crippen molar-refractivity contribution in [3.63, 3.8) is 0 Å². The fraction of sp³-hybridized carbons (Fsp3) is 0.500. The summed E-state index contributed by atoms with van der Waals surface area (Å²) in [5.74, 6) is -1.21. The molecule has 1 unspecified atom stereocenters. The monoisotopic (exact) mass is 225 g/mol. The Morgan fingerprint density at radius 1 is 1.62 bits per heavy atom. The average Bonchev–Trinajstić information content (AvgIpc) is 2.61. The number of hydrogen-bond donors (Lipinski definition) is 2. The number of H-pyrrole nitrogens is 1. The highest BCUT2D eigenvalue weighted by molar-refractivity contribution is 5.92. The lowest BCUT2D eigenvalue weighted by Gasteiger charge is -2.22. The smallest absolute Gasteiger partial charge is 0.305 e. The highest BCUT2D eigenvalue weighted by Crippen LogP contribution is 2.07. The predicted octanol–water partition coefficient (Wildman–Crippen LogP) is 0.653. The highest BCUT2D eigenvalue weighted by Gasteiger charge is 2.21. The number of aryl methyl sites for hydroxylation is 1. The summed E-state index contributed by atoms with van der Waals surface area (Å²) in [4.78, 5) is 23.7. The van der Waals surface area contributed by atoms with Gasteiger partial charge in [0.2, 0.25) is 0 Å². The molecule has 6 nitrogen and oxygen atoms in total. The minimum Gasteiger partial charge on any atom is -0.481 e. The number of amides is 1. The lowest BCUT2D eigenvalue weighted by atomic mass is 10.2. The van der Waals surface area contributed by atoms with Crippen LogP contribution in [0.25, 0.3) is 0 Å². The summed E-state index contributed by atoms with van der Waals surface area (Å²) >= 11 is 0. The molecule has 0 saturated carbocycles. The van der Waals surface area contributed by atoms with Gasteiger partial charge in [0.15, 0.2) is 0 Å². The van der Waals surface area contributed by atoms with Crippen molar-refractivity contribution in [2.24, 2.45) is 0 Å². The van der Waals surface area contributed by atoms with Crippen LogP contribution in [0.1, 0.15) is 29.5 Å². The van der Waals surface area contributed by atoms with Gasteiger partial charge < -0.3 is 10.0 Å². The maximum Gasteiger partial charge on any atom is 0.305 e. The molecule has 88 valence electrons. The maximum absolute atomic E-state index is 11.8. The molecular weight excluding hydrogens is 210 g/mol. The Kier molecular flexibility index (Phi) is 3.65. The fourth-order valence-electron chi connectivity index (χ4n) is 1.30. The molecule has 0 fully saturated rings. The van der Waals surface area contributed by atoms with E-state index < -0.39 is 5.97 Å². The van der Waals surface area contributed by atoms with Crippen LogP contribution in [-0.4, -0.2) is 45.2 Å². The molecule has 1 amide bonds. The second-order valence-electron chi connectivity index (χ2n) is 3.80. The standard InChI is InChI=1S/C10H15N3O3/c1-6-4-8(12-11-6)10(16)13(3)7(2)5-9(14)15/h4,7H,5H2,1-3H3,(H,11,12)(H,14,15). The van der Waals surface area contributed by atoms with Gasteiger partial charge in [0.1, 0.15) is 5.69 Å². The van der Waals surface area contributed by atoms with E-state index in [-0.39, 0.29) is 18.4 Å². The molecule has 16 heavy (non-hydrogen) atoms. The lowest BCUT2D eigenvalue weighted by Crippen LogP contribution is -2.36. The SMILES string of the molecule is Cc1cc(C(=O)N(C)C(C)CC(=O)O)n[nH]1. The Morgan fingerprint density at radius 2 is 2.25 bits per heavy atom. The third-order valence-corrected chi connectivity index (χ3v) is 2.38. The molecule has 2 N–H and O–H groups in total. The van der Waals surface area contributed by atoms with Gasteiger partial charge in [-0.3, -0.25) is 14.7 Å². The van der Waals surface area contributed by atoms with E-state index in [1.165, 1.54) is 4.90 Å². The number of hydrogen-bond acceptors (Lipinski definition) is 3. The van der Waals surface area contributed by atoms with E-state index in [0.29, 0.717) is 5.69 Å². The molecule has 0 aliphatic rings. The number of carboxylic acid groups (broad SMARTS) is 1. The van der Waals surface area contributed by atoms with Crippen LogP contribution in [0.2, 0.25) is 0 Å². The van der Waals surface area contributed by atoms with Crippen molar-refractivity contribution in [1.29, 1.82) is 0 Å². The Bertz CT molecular complexity index is 400. The molecule has 0 radical (unpaired) electrons. The maximum atomic E-state index is 11.8. The van der Waals surface area contributed by atoms with Crippen molar-refractivity contribution in [2.75, 3.05) is 7.05 Å². The normalized spacial score (nSPS) is 12.2. The molecule has 0 bridgehead atoms. The quantitative estimate of drug-likeness (QED) is 0.787. The number of rotatable bonds is 4. The molecular formula is C10H15N3O3. The Hall–Kier alpha value is -1.85. The molecule has 1 rings (SSSR count). The Morgan fingerprint density at radius 3 is 2.69 bits per heavy atom. The van der Waals surface area contributed by atoms with Gasteiger partial charge in [0, 0.05) is 18.8 Å². The van der Waals surface area contributed by atoms with Gasteiger partial charge in [-0.2, -0.15) is 5.10 Å². The van der Waals surface area contributed by atoms with E-state index in [4.69, 9.17) is 5.11 Å². The van der Waals surface area contributed by atoms with Crippen molar-refractivity contribution < 1.29 is 14.7 Å². The lowest BCUT2D eigenvalue weighted by molar-refractivity contribution is -0.137. The molecule has 0 spiro atoms. The van der Waals surface area contributed by atoms with Crippen molar-refractivity contribution >= 4 is 11.9 Å². The summed E-state index contributed by atoms with van der Waals surface area (Å²) in [5, 5.41) is 15.1. The largest absolute Gasteiger partial charge is 0.481 e. The zero-order chi connectivity index (χ0) is 12.3. The fourth-order valence-corrected chi connectivity index (χ4v) is 1.30. The first-order chi connectivity index (χ1) is 7.41. The van der Waals surface area contributed by atoms with Crippen LogP contribution in [-0.2, 0) is 4.79 Å². The van der Waals surface area contributed by atoms with E-state index in [1.54, 1.807) is 27.0 Å². The van der Waals surface area contributed by atoms with E-state index >= 15 is 0 Å². The van der Waals surface area contributed by atoms with Crippen molar-refractivity contribution in [2.45, 2.75) is 26.3 Å². The highest BCUT2D eigenvalue weighted by atomic mass is 16.4. The molecule has 0 saturated heterocycles. The summed E-state index contributed by atoms with van der Waals surface area (Å²) in [7, 11) is 1.57. The van der Waals surface area contributed by atoms with Crippen LogP contribution in [0.3, 0.4) is 0 Å². The van der Waals surface area contributed by atoms with E-state index in [9.17, 15) is 9.59 Å². The van der Waals surface area contributed by atoms with E-state index in [2.05, 4.69) is 10.2 Å². The summed E-state index contributed by atoms with van der Waals surface area (Å²) in [6.45, 7) is 3.48.